The fraction of sp³-hybridized carbons (Fsp3) is 0.632. The van der Waals surface area contributed by atoms with Crippen molar-refractivity contribution < 1.29 is 14.6 Å². The Hall–Kier alpha value is -1.71. The molecule has 2 atom stereocenters. The normalized spacial score (nSPS) is 26.9. The molecule has 124 valence electrons. The fourth-order valence-electron chi connectivity index (χ4n) is 4.07. The van der Waals surface area contributed by atoms with E-state index in [1.165, 1.54) is 38.5 Å². The minimum Gasteiger partial charge on any atom is -0.508 e. The summed E-state index contributed by atoms with van der Waals surface area (Å²) in [5.41, 5.74) is 0.552. The monoisotopic (exact) mass is 315 g/mol. The lowest BCUT2D eigenvalue weighted by atomic mass is 9.78. The topological polar surface area (TPSA) is 49.8 Å². The van der Waals surface area contributed by atoms with Crippen LogP contribution in [0, 0.1) is 17.8 Å². The van der Waals surface area contributed by atoms with Crippen LogP contribution in [0.25, 0.3) is 0 Å². The average molecular weight is 315 g/mol. The number of phenols is 1. The Morgan fingerprint density at radius 2 is 1.87 bits per heavy atom. The second kappa shape index (κ2) is 6.06. The molecule has 4 heteroatoms. The van der Waals surface area contributed by atoms with E-state index in [1.54, 1.807) is 18.2 Å². The number of carbonyl (C=O) groups excluding carboxylic acids is 1. The van der Waals surface area contributed by atoms with Crippen molar-refractivity contribution in [3.63, 3.8) is 0 Å². The smallest absolute Gasteiger partial charge is 0.254 e. The molecule has 1 aromatic carbocycles. The lowest BCUT2D eigenvalue weighted by Gasteiger charge is -2.41. The highest BCUT2D eigenvalue weighted by Gasteiger charge is 2.33. The minimum atomic E-state index is 0.0359. The number of phenolic OH excluding ortho intramolecular Hbond substituents is 1. The first-order valence-corrected chi connectivity index (χ1v) is 8.93. The van der Waals surface area contributed by atoms with Crippen molar-refractivity contribution in [2.75, 3.05) is 19.7 Å². The van der Waals surface area contributed by atoms with E-state index in [0.717, 1.165) is 13.1 Å². The van der Waals surface area contributed by atoms with E-state index in [9.17, 15) is 9.90 Å². The van der Waals surface area contributed by atoms with Gasteiger partial charge in [0, 0.05) is 24.7 Å². The van der Waals surface area contributed by atoms with Crippen LogP contribution in [0.3, 0.4) is 0 Å². The molecular formula is C19H25NO3. The van der Waals surface area contributed by atoms with Crippen LogP contribution in [0.4, 0.5) is 0 Å². The molecule has 4 rings (SSSR count). The van der Waals surface area contributed by atoms with Crippen LogP contribution in [0.15, 0.2) is 18.2 Å². The van der Waals surface area contributed by atoms with Crippen molar-refractivity contribution in [1.29, 1.82) is 0 Å². The maximum absolute atomic E-state index is 12.8. The number of likely N-dealkylation sites (tertiary alicyclic amines) is 1. The number of rotatable bonds is 4. The third-order valence-electron chi connectivity index (χ3n) is 5.46. The molecule has 3 fully saturated rings. The van der Waals surface area contributed by atoms with Gasteiger partial charge in [-0.25, -0.2) is 0 Å². The van der Waals surface area contributed by atoms with Gasteiger partial charge in [0.1, 0.15) is 11.5 Å². The Kier molecular flexibility index (Phi) is 3.92. The largest absolute Gasteiger partial charge is 0.508 e. The molecule has 1 heterocycles. The molecule has 3 aliphatic rings. The Morgan fingerprint density at radius 1 is 1.13 bits per heavy atom. The van der Waals surface area contributed by atoms with E-state index < -0.39 is 0 Å². The number of hydrogen-bond acceptors (Lipinski definition) is 3. The first-order valence-electron chi connectivity index (χ1n) is 8.93. The summed E-state index contributed by atoms with van der Waals surface area (Å²) in [6.45, 7) is 2.41. The van der Waals surface area contributed by atoms with Crippen LogP contribution in [0.5, 0.6) is 11.5 Å². The maximum Gasteiger partial charge on any atom is 0.254 e. The lowest BCUT2D eigenvalue weighted by molar-refractivity contribution is 0.0503. The number of ether oxygens (including phenoxy) is 1. The van der Waals surface area contributed by atoms with Crippen molar-refractivity contribution in [2.24, 2.45) is 17.8 Å². The van der Waals surface area contributed by atoms with Gasteiger partial charge in [-0.05, 0) is 62.0 Å². The van der Waals surface area contributed by atoms with Crippen LogP contribution in [0.2, 0.25) is 0 Å². The van der Waals surface area contributed by atoms with Gasteiger partial charge >= 0.3 is 0 Å². The summed E-state index contributed by atoms with van der Waals surface area (Å²) in [7, 11) is 0. The molecular weight excluding hydrogens is 290 g/mol. The molecule has 0 spiro atoms. The zero-order valence-electron chi connectivity index (χ0n) is 13.5. The highest BCUT2D eigenvalue weighted by Crippen LogP contribution is 2.35. The van der Waals surface area contributed by atoms with Crippen molar-refractivity contribution in [3.05, 3.63) is 23.8 Å². The fourth-order valence-corrected chi connectivity index (χ4v) is 4.07. The Balaban J connectivity index is 1.48. The molecule has 2 bridgehead atoms. The second-order valence-corrected chi connectivity index (χ2v) is 7.58. The molecule has 1 N–H and O–H groups in total. The molecule has 1 aromatic rings. The quantitative estimate of drug-likeness (QED) is 0.926. The maximum atomic E-state index is 12.8. The Bertz CT molecular complexity index is 584. The number of hydrogen-bond donors (Lipinski definition) is 1. The number of carbonyl (C=O) groups is 1. The zero-order chi connectivity index (χ0) is 15.8. The van der Waals surface area contributed by atoms with Crippen molar-refractivity contribution >= 4 is 5.91 Å². The standard InChI is InChI=1S/C19H25NO3/c21-17-7-16(8-18(9-17)23-12-13-4-5-13)19(22)20-10-14-2-1-3-15(6-14)11-20/h7-9,13-15,21H,1-6,10-12H2/t14-,15-/m1/s1. The highest BCUT2D eigenvalue weighted by molar-refractivity contribution is 5.95. The van der Waals surface area contributed by atoms with Crippen LogP contribution in [-0.2, 0) is 0 Å². The Morgan fingerprint density at radius 3 is 2.57 bits per heavy atom. The molecule has 0 radical (unpaired) electrons. The highest BCUT2D eigenvalue weighted by atomic mass is 16.5. The minimum absolute atomic E-state index is 0.0359. The van der Waals surface area contributed by atoms with Crippen molar-refractivity contribution in [1.82, 2.24) is 4.90 Å². The number of piperidine rings is 1. The van der Waals surface area contributed by atoms with Gasteiger partial charge in [-0.2, -0.15) is 0 Å². The van der Waals surface area contributed by atoms with Gasteiger partial charge in [-0.15, -0.1) is 0 Å². The van der Waals surface area contributed by atoms with Crippen LogP contribution in [0.1, 0.15) is 48.9 Å². The van der Waals surface area contributed by atoms with Crippen LogP contribution >= 0.6 is 0 Å². The lowest BCUT2D eigenvalue weighted by Crippen LogP contribution is -2.45. The van der Waals surface area contributed by atoms with E-state index >= 15 is 0 Å². The first-order chi connectivity index (χ1) is 11.2. The van der Waals surface area contributed by atoms with E-state index in [-0.39, 0.29) is 11.7 Å². The van der Waals surface area contributed by atoms with Crippen LogP contribution < -0.4 is 4.74 Å². The summed E-state index contributed by atoms with van der Waals surface area (Å²) in [6, 6.07) is 4.95. The summed E-state index contributed by atoms with van der Waals surface area (Å²) in [5, 5.41) is 9.93. The summed E-state index contributed by atoms with van der Waals surface area (Å²) in [4.78, 5) is 14.8. The van der Waals surface area contributed by atoms with Crippen LogP contribution in [-0.4, -0.2) is 35.6 Å². The van der Waals surface area contributed by atoms with Gasteiger partial charge in [0.05, 0.1) is 6.61 Å². The molecule has 2 aliphatic carbocycles. The van der Waals surface area contributed by atoms with Gasteiger partial charge in [0.2, 0.25) is 0 Å². The van der Waals surface area contributed by atoms with Gasteiger partial charge < -0.3 is 14.7 Å². The molecule has 23 heavy (non-hydrogen) atoms. The number of nitrogens with zero attached hydrogens (tertiary/aromatic N) is 1. The third-order valence-corrected chi connectivity index (χ3v) is 5.46. The summed E-state index contributed by atoms with van der Waals surface area (Å²) in [6.07, 6.45) is 7.52. The molecule has 4 nitrogen and oxygen atoms in total. The van der Waals surface area contributed by atoms with E-state index in [0.29, 0.717) is 35.7 Å². The van der Waals surface area contributed by atoms with E-state index in [2.05, 4.69) is 0 Å². The number of amides is 1. The zero-order valence-corrected chi connectivity index (χ0v) is 13.5. The SMILES string of the molecule is O=C(c1cc(O)cc(OCC2CC2)c1)N1C[C@@H]2CCC[C@H](C2)C1. The average Bonchev–Trinajstić information content (AvgIpc) is 3.35. The predicted octanol–water partition coefficient (Wildman–Crippen LogP) is 3.44. The number of benzene rings is 1. The summed E-state index contributed by atoms with van der Waals surface area (Å²) < 4.78 is 5.73. The Labute approximate surface area is 137 Å². The number of aromatic hydroxyl groups is 1. The summed E-state index contributed by atoms with van der Waals surface area (Å²) >= 11 is 0. The van der Waals surface area contributed by atoms with Gasteiger partial charge in [-0.1, -0.05) is 6.42 Å². The second-order valence-electron chi connectivity index (χ2n) is 7.58. The third kappa shape index (κ3) is 3.46. The molecule has 0 unspecified atom stereocenters. The predicted molar refractivity (Wildman–Crippen MR) is 87.7 cm³/mol. The summed E-state index contributed by atoms with van der Waals surface area (Å²) in [5.74, 6) is 2.73. The van der Waals surface area contributed by atoms with E-state index in [4.69, 9.17) is 4.74 Å². The van der Waals surface area contributed by atoms with Crippen molar-refractivity contribution in [3.8, 4) is 11.5 Å². The van der Waals surface area contributed by atoms with Gasteiger partial charge in [-0.3, -0.25) is 4.79 Å². The molecule has 2 saturated carbocycles. The number of fused-ring (bicyclic) bond motifs is 2. The van der Waals surface area contributed by atoms with Gasteiger partial charge in [0.15, 0.2) is 0 Å². The molecule has 1 aliphatic heterocycles. The van der Waals surface area contributed by atoms with E-state index in [1.807, 2.05) is 4.90 Å². The first kappa shape index (κ1) is 14.9. The van der Waals surface area contributed by atoms with Gasteiger partial charge in [0.25, 0.3) is 5.91 Å². The molecule has 0 aromatic heterocycles. The molecule has 1 amide bonds. The van der Waals surface area contributed by atoms with Crippen molar-refractivity contribution in [2.45, 2.75) is 38.5 Å². The molecule has 1 saturated heterocycles.